The maximum Gasteiger partial charge on any atom is 0.338 e. The first-order valence-electron chi connectivity index (χ1n) is 13.8. The molecule has 1 amide bonds. The van der Waals surface area contributed by atoms with Gasteiger partial charge in [0.1, 0.15) is 24.9 Å². The molecule has 0 bridgehead atoms. The van der Waals surface area contributed by atoms with Gasteiger partial charge < -0.3 is 34.5 Å². The zero-order valence-corrected chi connectivity index (χ0v) is 22.9. The topological polar surface area (TPSA) is 124 Å². The van der Waals surface area contributed by atoms with Gasteiger partial charge in [-0.25, -0.2) is 4.79 Å². The van der Waals surface area contributed by atoms with Crippen LogP contribution in [0.1, 0.15) is 33.5 Å². The lowest BCUT2D eigenvalue weighted by Gasteiger charge is -2.31. The molecular formula is C33H33NO8. The lowest BCUT2D eigenvalue weighted by molar-refractivity contribution is -0.157. The van der Waals surface area contributed by atoms with Gasteiger partial charge in [0.15, 0.2) is 0 Å². The van der Waals surface area contributed by atoms with Crippen molar-refractivity contribution in [1.29, 1.82) is 0 Å². The molecule has 1 aliphatic carbocycles. The lowest BCUT2D eigenvalue weighted by atomic mass is 9.91. The van der Waals surface area contributed by atoms with Crippen molar-refractivity contribution in [2.45, 2.75) is 30.5 Å². The Kier molecular flexibility index (Phi) is 9.45. The van der Waals surface area contributed by atoms with Crippen LogP contribution >= 0.6 is 0 Å². The van der Waals surface area contributed by atoms with Crippen LogP contribution in [0.2, 0.25) is 0 Å². The molecule has 2 aliphatic rings. The molecule has 3 aromatic rings. The van der Waals surface area contributed by atoms with Crippen LogP contribution in [0.3, 0.4) is 0 Å². The predicted octanol–water partition coefficient (Wildman–Crippen LogP) is 3.32. The summed E-state index contributed by atoms with van der Waals surface area (Å²) in [5, 5.41) is 20.7. The number of hydrogen-bond donors (Lipinski definition) is 3. The molecule has 3 N–H and O–H groups in total. The van der Waals surface area contributed by atoms with Crippen molar-refractivity contribution in [3.8, 4) is 0 Å². The number of ether oxygens (including phenoxy) is 4. The van der Waals surface area contributed by atoms with Gasteiger partial charge in [0.05, 0.1) is 25.0 Å². The van der Waals surface area contributed by atoms with E-state index < -0.39 is 30.1 Å². The minimum atomic E-state index is -1.29. The molecule has 0 aromatic heterocycles. The molecule has 1 heterocycles. The number of benzene rings is 3. The summed E-state index contributed by atoms with van der Waals surface area (Å²) < 4.78 is 24.5. The summed E-state index contributed by atoms with van der Waals surface area (Å²) in [5.74, 6) is -2.23. The van der Waals surface area contributed by atoms with E-state index >= 15 is 0 Å². The molecule has 3 aromatic carbocycles. The Morgan fingerprint density at radius 2 is 1.57 bits per heavy atom. The summed E-state index contributed by atoms with van der Waals surface area (Å²) in [6, 6.07) is 25.8. The maximum absolute atomic E-state index is 13.3. The highest BCUT2D eigenvalue weighted by molar-refractivity contribution is 5.94. The summed E-state index contributed by atoms with van der Waals surface area (Å²) in [6.07, 6.45) is 2.79. The molecule has 218 valence electrons. The van der Waals surface area contributed by atoms with Gasteiger partial charge >= 0.3 is 5.97 Å². The first-order valence-corrected chi connectivity index (χ1v) is 13.8. The summed E-state index contributed by atoms with van der Waals surface area (Å²) >= 11 is 0. The number of carbonyl (C=O) groups excluding carboxylic acids is 2. The Morgan fingerprint density at radius 1 is 0.905 bits per heavy atom. The highest BCUT2D eigenvalue weighted by atomic mass is 16.8. The standard InChI is InChI=1S/C33H33NO8/c35-17-16-34-31(37)25-21-28(40-32(38)24-13-11-23(12-14-24)15-19-39-20-18-36)30-29(22-25)41-33(42-30,26-7-3-1-4-8-26)27-9-5-2-6-10-27/h1-15,19,22,28-30,35-36H,16-18,20-21H2,(H,34,37). The monoisotopic (exact) mass is 571 g/mol. The molecule has 42 heavy (non-hydrogen) atoms. The third-order valence-corrected chi connectivity index (χ3v) is 7.05. The first kappa shape index (κ1) is 29.2. The average Bonchev–Trinajstić information content (AvgIpc) is 3.44. The summed E-state index contributed by atoms with van der Waals surface area (Å²) in [5.41, 5.74) is 3.04. The number of rotatable bonds is 11. The molecule has 9 heteroatoms. The second kappa shape index (κ2) is 13.6. The van der Waals surface area contributed by atoms with Crippen molar-refractivity contribution < 1.29 is 38.7 Å². The van der Waals surface area contributed by atoms with Crippen molar-refractivity contribution in [3.05, 3.63) is 125 Å². The van der Waals surface area contributed by atoms with E-state index in [4.69, 9.17) is 24.1 Å². The normalized spacial score (nSPS) is 20.9. The van der Waals surface area contributed by atoms with E-state index in [0.717, 1.165) is 16.7 Å². The van der Waals surface area contributed by atoms with Crippen molar-refractivity contribution in [1.82, 2.24) is 5.32 Å². The van der Waals surface area contributed by atoms with E-state index in [0.29, 0.717) is 11.1 Å². The summed E-state index contributed by atoms with van der Waals surface area (Å²) in [4.78, 5) is 26.3. The predicted molar refractivity (Wildman–Crippen MR) is 154 cm³/mol. The van der Waals surface area contributed by atoms with Gasteiger partial charge in [0.25, 0.3) is 0 Å². The van der Waals surface area contributed by atoms with Crippen LogP contribution in [0.4, 0.5) is 0 Å². The molecule has 3 atom stereocenters. The number of esters is 1. The minimum Gasteiger partial charge on any atom is -0.499 e. The van der Waals surface area contributed by atoms with Crippen LogP contribution in [-0.4, -0.2) is 66.8 Å². The largest absolute Gasteiger partial charge is 0.499 e. The molecule has 1 fully saturated rings. The fourth-order valence-corrected chi connectivity index (χ4v) is 5.06. The Hall–Kier alpha value is -4.28. The molecule has 5 rings (SSSR count). The Bertz CT molecular complexity index is 1370. The van der Waals surface area contributed by atoms with Gasteiger partial charge in [-0.05, 0) is 29.8 Å². The molecule has 1 aliphatic heterocycles. The molecule has 0 saturated carbocycles. The van der Waals surface area contributed by atoms with Crippen LogP contribution in [0.15, 0.2) is 103 Å². The highest BCUT2D eigenvalue weighted by Crippen LogP contribution is 2.47. The zero-order valence-electron chi connectivity index (χ0n) is 22.9. The smallest absolute Gasteiger partial charge is 0.338 e. The molecule has 0 radical (unpaired) electrons. The van der Waals surface area contributed by atoms with Crippen molar-refractivity contribution in [2.75, 3.05) is 26.4 Å². The third kappa shape index (κ3) is 6.45. The number of fused-ring (bicyclic) bond motifs is 1. The second-order valence-corrected chi connectivity index (χ2v) is 9.85. The lowest BCUT2D eigenvalue weighted by Crippen LogP contribution is -2.43. The van der Waals surface area contributed by atoms with Gasteiger partial charge in [0.2, 0.25) is 11.7 Å². The molecular weight excluding hydrogens is 538 g/mol. The van der Waals surface area contributed by atoms with E-state index in [2.05, 4.69) is 5.32 Å². The number of aliphatic hydroxyl groups excluding tert-OH is 2. The second-order valence-electron chi connectivity index (χ2n) is 9.85. The first-order chi connectivity index (χ1) is 20.5. The van der Waals surface area contributed by atoms with Crippen LogP contribution < -0.4 is 5.32 Å². The highest BCUT2D eigenvalue weighted by Gasteiger charge is 2.54. The number of carbonyl (C=O) groups is 2. The van der Waals surface area contributed by atoms with E-state index in [1.54, 1.807) is 36.4 Å². The molecule has 0 spiro atoms. The van der Waals surface area contributed by atoms with Gasteiger partial charge in [0, 0.05) is 29.7 Å². The van der Waals surface area contributed by atoms with Crippen molar-refractivity contribution >= 4 is 18.0 Å². The van der Waals surface area contributed by atoms with Crippen LogP contribution in [0, 0.1) is 0 Å². The number of hydrogen-bond acceptors (Lipinski definition) is 8. The summed E-state index contributed by atoms with van der Waals surface area (Å²) in [7, 11) is 0. The van der Waals surface area contributed by atoms with Crippen molar-refractivity contribution in [2.24, 2.45) is 0 Å². The quantitative estimate of drug-likeness (QED) is 0.182. The SMILES string of the molecule is O=C(NCCO)C1=CC2OC(c3ccccc3)(c3ccccc3)OC2C(OC(=O)c2ccc(C=COCCO)cc2)C1. The Labute approximate surface area is 244 Å². The fraction of sp³-hybridized carbons (Fsp3) is 0.273. The minimum absolute atomic E-state index is 0.0787. The number of amides is 1. The van der Waals surface area contributed by atoms with Gasteiger partial charge in [-0.1, -0.05) is 72.8 Å². The Balaban J connectivity index is 1.43. The van der Waals surface area contributed by atoms with E-state index in [1.807, 2.05) is 60.7 Å². The maximum atomic E-state index is 13.3. The van der Waals surface area contributed by atoms with E-state index in [9.17, 15) is 14.7 Å². The van der Waals surface area contributed by atoms with Gasteiger partial charge in [-0.2, -0.15) is 0 Å². The fourth-order valence-electron chi connectivity index (χ4n) is 5.06. The molecule has 1 saturated heterocycles. The van der Waals surface area contributed by atoms with Crippen molar-refractivity contribution in [3.63, 3.8) is 0 Å². The third-order valence-electron chi connectivity index (χ3n) is 7.05. The zero-order chi connectivity index (χ0) is 29.4. The van der Waals surface area contributed by atoms with Crippen LogP contribution in [-0.2, 0) is 29.5 Å². The number of nitrogens with one attached hydrogen (secondary N) is 1. The van der Waals surface area contributed by atoms with Crippen LogP contribution in [0.25, 0.3) is 6.08 Å². The van der Waals surface area contributed by atoms with E-state index in [1.165, 1.54) is 6.26 Å². The molecule has 3 unspecified atom stereocenters. The average molecular weight is 572 g/mol. The van der Waals surface area contributed by atoms with E-state index in [-0.39, 0.29) is 38.7 Å². The summed E-state index contributed by atoms with van der Waals surface area (Å²) in [6.45, 7) is 0.00802. The Morgan fingerprint density at radius 3 is 2.19 bits per heavy atom. The van der Waals surface area contributed by atoms with Gasteiger partial charge in [-0.3, -0.25) is 4.79 Å². The van der Waals surface area contributed by atoms with Crippen LogP contribution in [0.5, 0.6) is 0 Å². The number of aliphatic hydroxyl groups is 2. The molecule has 9 nitrogen and oxygen atoms in total. The van der Waals surface area contributed by atoms with Gasteiger partial charge in [-0.15, -0.1) is 0 Å².